The van der Waals surface area contributed by atoms with Crippen LogP contribution < -0.4 is 0 Å². The van der Waals surface area contributed by atoms with E-state index in [1.807, 2.05) is 24.3 Å². The summed E-state index contributed by atoms with van der Waals surface area (Å²) in [4.78, 5) is 10.6. The molecular formula is C43H30N2O. The topological polar surface area (TPSA) is 38.9 Å². The summed E-state index contributed by atoms with van der Waals surface area (Å²) in [5, 5.41) is 2.08. The van der Waals surface area contributed by atoms with Gasteiger partial charge in [0.1, 0.15) is 11.2 Å². The molecule has 218 valence electrons. The summed E-state index contributed by atoms with van der Waals surface area (Å²) >= 11 is 0. The van der Waals surface area contributed by atoms with Crippen molar-refractivity contribution >= 4 is 21.9 Å². The van der Waals surface area contributed by atoms with Gasteiger partial charge in [-0.3, -0.25) is 0 Å². The Morgan fingerprint density at radius 3 is 1.83 bits per heavy atom. The zero-order valence-corrected chi connectivity index (χ0v) is 25.7. The Hall–Kier alpha value is -5.80. The maximum atomic E-state index is 6.43. The Morgan fingerprint density at radius 2 is 1.09 bits per heavy atom. The van der Waals surface area contributed by atoms with Gasteiger partial charge >= 0.3 is 0 Å². The largest absolute Gasteiger partial charge is 0.456 e. The number of furan rings is 1. The third-order valence-electron chi connectivity index (χ3n) is 9.53. The van der Waals surface area contributed by atoms with Gasteiger partial charge < -0.3 is 4.42 Å². The SMILES string of the molecule is CC1(C)c2ccccc2-c2ccc(-c3ccc4oc5ccccc5c4c3-c3nc(-c4ccccc4)cc(-c4ccccc4)n3)cc21. The Labute approximate surface area is 267 Å². The van der Waals surface area contributed by atoms with Crippen LogP contribution in [-0.4, -0.2) is 9.97 Å². The van der Waals surface area contributed by atoms with Gasteiger partial charge in [-0.2, -0.15) is 0 Å². The van der Waals surface area contributed by atoms with Crippen LogP contribution in [-0.2, 0) is 5.41 Å². The second-order valence-electron chi connectivity index (χ2n) is 12.6. The summed E-state index contributed by atoms with van der Waals surface area (Å²) < 4.78 is 6.43. The molecule has 0 bridgehead atoms. The lowest BCUT2D eigenvalue weighted by molar-refractivity contribution is 0.660. The van der Waals surface area contributed by atoms with E-state index in [4.69, 9.17) is 14.4 Å². The maximum Gasteiger partial charge on any atom is 0.161 e. The first-order valence-electron chi connectivity index (χ1n) is 15.8. The summed E-state index contributed by atoms with van der Waals surface area (Å²) in [5.74, 6) is 0.676. The molecule has 0 fully saturated rings. The van der Waals surface area contributed by atoms with E-state index >= 15 is 0 Å². The molecule has 2 aromatic heterocycles. The number of benzene rings is 6. The van der Waals surface area contributed by atoms with Crippen LogP contribution in [0.4, 0.5) is 0 Å². The van der Waals surface area contributed by atoms with Crippen LogP contribution in [0.15, 0.2) is 150 Å². The van der Waals surface area contributed by atoms with E-state index < -0.39 is 0 Å². The van der Waals surface area contributed by atoms with Crippen molar-refractivity contribution in [3.63, 3.8) is 0 Å². The molecule has 0 saturated carbocycles. The highest BCUT2D eigenvalue weighted by Crippen LogP contribution is 2.50. The van der Waals surface area contributed by atoms with E-state index in [0.717, 1.165) is 61.1 Å². The molecule has 3 nitrogen and oxygen atoms in total. The van der Waals surface area contributed by atoms with E-state index in [2.05, 4.69) is 135 Å². The maximum absolute atomic E-state index is 6.43. The molecule has 6 aromatic carbocycles. The predicted molar refractivity (Wildman–Crippen MR) is 189 cm³/mol. The molecule has 0 aliphatic heterocycles. The van der Waals surface area contributed by atoms with E-state index in [-0.39, 0.29) is 5.41 Å². The van der Waals surface area contributed by atoms with Gasteiger partial charge in [0.25, 0.3) is 0 Å². The lowest BCUT2D eigenvalue weighted by atomic mass is 9.81. The molecule has 0 unspecified atom stereocenters. The highest BCUT2D eigenvalue weighted by Gasteiger charge is 2.35. The van der Waals surface area contributed by atoms with Crippen molar-refractivity contribution in [3.05, 3.63) is 157 Å². The second-order valence-corrected chi connectivity index (χ2v) is 12.6. The van der Waals surface area contributed by atoms with Crippen molar-refractivity contribution in [2.24, 2.45) is 0 Å². The second kappa shape index (κ2) is 10.1. The average Bonchev–Trinajstić information content (AvgIpc) is 3.60. The van der Waals surface area contributed by atoms with E-state index in [0.29, 0.717) is 5.82 Å². The molecule has 1 aliphatic rings. The molecule has 0 radical (unpaired) electrons. The highest BCUT2D eigenvalue weighted by atomic mass is 16.3. The van der Waals surface area contributed by atoms with Gasteiger partial charge in [0.15, 0.2) is 5.82 Å². The van der Waals surface area contributed by atoms with Gasteiger partial charge in [0, 0.05) is 32.9 Å². The molecule has 0 spiro atoms. The van der Waals surface area contributed by atoms with Crippen LogP contribution in [0.2, 0.25) is 0 Å². The number of fused-ring (bicyclic) bond motifs is 6. The standard InChI is InChI=1S/C43H30N2O/c1-43(2)34-19-11-9-17-31(34)32-22-21-29(25-35(32)43)30-23-24-39-40(33-18-10-12-20-38(33)46-39)41(30)42-44-36(27-13-5-3-6-14-27)26-37(45-42)28-15-7-4-8-16-28/h3-26H,1-2H3. The van der Waals surface area contributed by atoms with Gasteiger partial charge in [-0.25, -0.2) is 9.97 Å². The van der Waals surface area contributed by atoms with Crippen molar-refractivity contribution in [2.45, 2.75) is 19.3 Å². The first-order chi connectivity index (χ1) is 22.6. The molecule has 0 atom stereocenters. The third-order valence-corrected chi connectivity index (χ3v) is 9.53. The van der Waals surface area contributed by atoms with Crippen LogP contribution in [0, 0.1) is 0 Å². The van der Waals surface area contributed by atoms with Gasteiger partial charge in [0.2, 0.25) is 0 Å². The minimum atomic E-state index is -0.112. The Morgan fingerprint density at radius 1 is 0.478 bits per heavy atom. The molecule has 8 aromatic rings. The Kier molecular flexibility index (Phi) is 5.85. The number of para-hydroxylation sites is 1. The first-order valence-corrected chi connectivity index (χ1v) is 15.8. The summed E-state index contributed by atoms with van der Waals surface area (Å²) in [6, 6.07) is 51.0. The molecule has 46 heavy (non-hydrogen) atoms. The van der Waals surface area contributed by atoms with Crippen LogP contribution >= 0.6 is 0 Å². The predicted octanol–water partition coefficient (Wildman–Crippen LogP) is 11.4. The van der Waals surface area contributed by atoms with Crippen molar-refractivity contribution < 1.29 is 4.42 Å². The van der Waals surface area contributed by atoms with Crippen molar-refractivity contribution in [1.29, 1.82) is 0 Å². The van der Waals surface area contributed by atoms with Gasteiger partial charge in [-0.1, -0.05) is 129 Å². The molecule has 2 heterocycles. The monoisotopic (exact) mass is 590 g/mol. The number of hydrogen-bond acceptors (Lipinski definition) is 3. The smallest absolute Gasteiger partial charge is 0.161 e. The van der Waals surface area contributed by atoms with Crippen molar-refractivity contribution in [1.82, 2.24) is 9.97 Å². The van der Waals surface area contributed by atoms with Crippen LogP contribution in [0.1, 0.15) is 25.0 Å². The summed E-state index contributed by atoms with van der Waals surface area (Å²) in [7, 11) is 0. The fourth-order valence-corrected chi connectivity index (χ4v) is 7.23. The first kappa shape index (κ1) is 26.6. The van der Waals surface area contributed by atoms with Gasteiger partial charge in [-0.05, 0) is 63.7 Å². The van der Waals surface area contributed by atoms with Gasteiger partial charge in [-0.15, -0.1) is 0 Å². The van der Waals surface area contributed by atoms with Crippen LogP contribution in [0.25, 0.3) is 78.1 Å². The number of rotatable bonds is 4. The van der Waals surface area contributed by atoms with Gasteiger partial charge in [0.05, 0.1) is 11.4 Å². The summed E-state index contributed by atoms with van der Waals surface area (Å²) in [5.41, 5.74) is 13.9. The van der Waals surface area contributed by atoms with E-state index in [9.17, 15) is 0 Å². The molecule has 3 heteroatoms. The lowest BCUT2D eigenvalue weighted by Gasteiger charge is -2.22. The summed E-state index contributed by atoms with van der Waals surface area (Å²) in [6.07, 6.45) is 0. The highest BCUT2D eigenvalue weighted by molar-refractivity contribution is 6.15. The molecule has 1 aliphatic carbocycles. The fourth-order valence-electron chi connectivity index (χ4n) is 7.23. The number of hydrogen-bond donors (Lipinski definition) is 0. The van der Waals surface area contributed by atoms with E-state index in [1.165, 1.54) is 22.3 Å². The van der Waals surface area contributed by atoms with Crippen LogP contribution in [0.3, 0.4) is 0 Å². The molecule has 0 N–H and O–H groups in total. The number of aromatic nitrogens is 2. The zero-order chi connectivity index (χ0) is 30.8. The minimum absolute atomic E-state index is 0.112. The van der Waals surface area contributed by atoms with E-state index in [1.54, 1.807) is 0 Å². The third kappa shape index (κ3) is 4.05. The molecule has 9 rings (SSSR count). The molecule has 0 saturated heterocycles. The fraction of sp³-hybridized carbons (Fsp3) is 0.0698. The average molecular weight is 591 g/mol. The van der Waals surface area contributed by atoms with Crippen molar-refractivity contribution in [2.75, 3.05) is 0 Å². The lowest BCUT2D eigenvalue weighted by Crippen LogP contribution is -2.14. The normalized spacial score (nSPS) is 13.2. The minimum Gasteiger partial charge on any atom is -0.456 e. The summed E-state index contributed by atoms with van der Waals surface area (Å²) in [6.45, 7) is 4.65. The zero-order valence-electron chi connectivity index (χ0n) is 25.7. The Balaban J connectivity index is 1.36. The quantitative estimate of drug-likeness (QED) is 0.205. The van der Waals surface area contributed by atoms with Crippen molar-refractivity contribution in [3.8, 4) is 56.2 Å². The number of nitrogens with zero attached hydrogens (tertiary/aromatic N) is 2. The van der Waals surface area contributed by atoms with Crippen LogP contribution in [0.5, 0.6) is 0 Å². The molecule has 0 amide bonds. The molecular weight excluding hydrogens is 560 g/mol. The Bertz CT molecular complexity index is 2380.